The molecule has 8 nitrogen and oxygen atoms in total. The van der Waals surface area contributed by atoms with Gasteiger partial charge in [0, 0.05) is 17.3 Å². The number of fused-ring (bicyclic) bond motifs is 1. The van der Waals surface area contributed by atoms with E-state index in [0.29, 0.717) is 41.9 Å². The molecule has 3 fully saturated rings. The van der Waals surface area contributed by atoms with Gasteiger partial charge in [0.15, 0.2) is 11.5 Å². The zero-order valence-corrected chi connectivity index (χ0v) is 16.3. The SMILES string of the molecule is Cc1cn2c(-c3ccc(F)c(S(=O)(=O)NC45CC(C#N)(C4)C5)c3)cnc2c(N)n1. The predicted molar refractivity (Wildman–Crippen MR) is 102 cm³/mol. The van der Waals surface area contributed by atoms with Crippen LogP contribution in [-0.4, -0.2) is 28.3 Å². The molecule has 2 heterocycles. The molecular weight excluding hydrogens is 395 g/mol. The monoisotopic (exact) mass is 412 g/mol. The highest BCUT2D eigenvalue weighted by atomic mass is 32.2. The van der Waals surface area contributed by atoms with Crippen molar-refractivity contribution in [2.75, 3.05) is 5.73 Å². The summed E-state index contributed by atoms with van der Waals surface area (Å²) in [6, 6.07) is 6.14. The summed E-state index contributed by atoms with van der Waals surface area (Å²) in [6.07, 6.45) is 4.68. The molecule has 0 amide bonds. The summed E-state index contributed by atoms with van der Waals surface area (Å²) in [5.41, 5.74) is 7.03. The van der Waals surface area contributed by atoms with Crippen molar-refractivity contribution in [2.24, 2.45) is 5.41 Å². The lowest BCUT2D eigenvalue weighted by atomic mass is 9.40. The molecule has 0 spiro atoms. The third-order valence-electron chi connectivity index (χ3n) is 5.77. The number of nitriles is 1. The Hall–Kier alpha value is -3.03. The Morgan fingerprint density at radius 1 is 1.34 bits per heavy atom. The second-order valence-corrected chi connectivity index (χ2v) is 9.71. The first-order valence-corrected chi connectivity index (χ1v) is 10.5. The van der Waals surface area contributed by atoms with Crippen LogP contribution in [0.3, 0.4) is 0 Å². The Kier molecular flexibility index (Phi) is 3.43. The second-order valence-electron chi connectivity index (χ2n) is 8.06. The van der Waals surface area contributed by atoms with E-state index in [1.807, 2.05) is 0 Å². The molecule has 2 bridgehead atoms. The summed E-state index contributed by atoms with van der Waals surface area (Å²) >= 11 is 0. The van der Waals surface area contributed by atoms with Gasteiger partial charge in [0.2, 0.25) is 10.0 Å². The first-order valence-electron chi connectivity index (χ1n) is 9.01. The van der Waals surface area contributed by atoms with E-state index < -0.39 is 31.7 Å². The molecule has 2 aromatic heterocycles. The number of aromatic nitrogens is 3. The topological polar surface area (TPSA) is 126 Å². The summed E-state index contributed by atoms with van der Waals surface area (Å²) in [5.74, 6) is -0.586. The van der Waals surface area contributed by atoms with Crippen LogP contribution in [0.25, 0.3) is 16.9 Å². The number of imidazole rings is 1. The van der Waals surface area contributed by atoms with Crippen LogP contribution in [0, 0.1) is 29.5 Å². The highest BCUT2D eigenvalue weighted by Gasteiger charge is 2.69. The van der Waals surface area contributed by atoms with Gasteiger partial charge in [0.05, 0.1) is 29.1 Å². The molecule has 148 valence electrons. The summed E-state index contributed by atoms with van der Waals surface area (Å²) in [5, 5.41) is 9.12. The Morgan fingerprint density at radius 2 is 2.07 bits per heavy atom. The Bertz CT molecular complexity index is 1320. The number of nitrogens with zero attached hydrogens (tertiary/aromatic N) is 4. The number of aryl methyl sites for hydroxylation is 1. The number of hydrogen-bond acceptors (Lipinski definition) is 6. The van der Waals surface area contributed by atoms with Gasteiger partial charge in [-0.3, -0.25) is 4.40 Å². The first-order chi connectivity index (χ1) is 13.7. The molecule has 0 aliphatic heterocycles. The van der Waals surface area contributed by atoms with Crippen molar-refractivity contribution in [3.63, 3.8) is 0 Å². The minimum Gasteiger partial charge on any atom is -0.381 e. The van der Waals surface area contributed by atoms with Gasteiger partial charge in [-0.1, -0.05) is 0 Å². The normalized spacial score (nSPS) is 25.3. The fourth-order valence-electron chi connectivity index (χ4n) is 4.57. The van der Waals surface area contributed by atoms with Crippen molar-refractivity contribution in [3.8, 4) is 17.3 Å². The van der Waals surface area contributed by atoms with E-state index in [1.165, 1.54) is 12.1 Å². The van der Waals surface area contributed by atoms with Gasteiger partial charge in [-0.05, 0) is 44.4 Å². The minimum absolute atomic E-state index is 0.253. The van der Waals surface area contributed by atoms with Crippen LogP contribution in [0.4, 0.5) is 10.2 Å². The van der Waals surface area contributed by atoms with Gasteiger partial charge < -0.3 is 5.73 Å². The fourth-order valence-corrected chi connectivity index (χ4v) is 6.08. The molecule has 1 aromatic carbocycles. The van der Waals surface area contributed by atoms with Crippen molar-refractivity contribution in [1.29, 1.82) is 5.26 Å². The molecule has 3 N–H and O–H groups in total. The summed E-state index contributed by atoms with van der Waals surface area (Å²) in [6.45, 7) is 1.78. The van der Waals surface area contributed by atoms with E-state index in [1.54, 1.807) is 23.7 Å². The molecule has 0 atom stereocenters. The standard InChI is InChI=1S/C19H17FN6O2S/c1-11-6-26-14(5-23-17(26)16(22)24-11)12-2-3-13(20)15(4-12)29(27,28)25-19-7-18(8-19,9-19)10-21/h2-6,25H,7-9H2,1H3,(H2,22,24). The van der Waals surface area contributed by atoms with Gasteiger partial charge in [0.1, 0.15) is 10.7 Å². The molecule has 3 saturated carbocycles. The fraction of sp³-hybridized carbons (Fsp3) is 0.316. The molecule has 0 radical (unpaired) electrons. The minimum atomic E-state index is -4.09. The van der Waals surface area contributed by atoms with Crippen molar-refractivity contribution < 1.29 is 12.8 Å². The zero-order chi connectivity index (χ0) is 20.6. The van der Waals surface area contributed by atoms with Gasteiger partial charge in [-0.25, -0.2) is 27.5 Å². The number of benzene rings is 1. The van der Waals surface area contributed by atoms with E-state index in [9.17, 15) is 12.8 Å². The van der Waals surface area contributed by atoms with Crippen LogP contribution in [0.1, 0.15) is 25.0 Å². The van der Waals surface area contributed by atoms with E-state index in [0.717, 1.165) is 6.07 Å². The third kappa shape index (κ3) is 2.54. The van der Waals surface area contributed by atoms with Crippen LogP contribution in [0.15, 0.2) is 35.5 Å². The largest absolute Gasteiger partial charge is 0.381 e. The number of nitrogen functional groups attached to an aromatic ring is 1. The highest BCUT2D eigenvalue weighted by Crippen LogP contribution is 2.67. The maximum absolute atomic E-state index is 14.5. The predicted octanol–water partition coefficient (Wildman–Crippen LogP) is 2.15. The second kappa shape index (κ2) is 5.52. The number of nitrogens with two attached hydrogens (primary N) is 1. The van der Waals surface area contributed by atoms with Gasteiger partial charge in [0.25, 0.3) is 0 Å². The van der Waals surface area contributed by atoms with Crippen molar-refractivity contribution in [1.82, 2.24) is 19.1 Å². The first kappa shape index (κ1) is 18.0. The van der Waals surface area contributed by atoms with Gasteiger partial charge in [-0.2, -0.15) is 5.26 Å². The van der Waals surface area contributed by atoms with Crippen molar-refractivity contribution >= 4 is 21.5 Å². The maximum Gasteiger partial charge on any atom is 0.244 e. The molecule has 0 saturated heterocycles. The van der Waals surface area contributed by atoms with Crippen LogP contribution < -0.4 is 10.5 Å². The molecule has 10 heteroatoms. The van der Waals surface area contributed by atoms with E-state index in [2.05, 4.69) is 20.8 Å². The lowest BCUT2D eigenvalue weighted by Gasteiger charge is -2.66. The van der Waals surface area contributed by atoms with Crippen LogP contribution in [0.5, 0.6) is 0 Å². The van der Waals surface area contributed by atoms with Crippen LogP contribution in [-0.2, 0) is 10.0 Å². The quantitative estimate of drug-likeness (QED) is 0.676. The van der Waals surface area contributed by atoms with Gasteiger partial charge >= 0.3 is 0 Å². The number of nitrogens with one attached hydrogen (secondary N) is 1. The lowest BCUT2D eigenvalue weighted by Crippen LogP contribution is -2.74. The number of anilines is 1. The molecule has 6 rings (SSSR count). The molecule has 29 heavy (non-hydrogen) atoms. The molecular formula is C19H17FN6O2S. The smallest absolute Gasteiger partial charge is 0.244 e. The number of halogens is 1. The van der Waals surface area contributed by atoms with Crippen molar-refractivity contribution in [3.05, 3.63) is 42.1 Å². The highest BCUT2D eigenvalue weighted by molar-refractivity contribution is 7.89. The van der Waals surface area contributed by atoms with E-state index in [-0.39, 0.29) is 5.82 Å². The maximum atomic E-state index is 14.5. The molecule has 0 unspecified atom stereocenters. The van der Waals surface area contributed by atoms with Crippen LogP contribution >= 0.6 is 0 Å². The molecule has 3 aromatic rings. The van der Waals surface area contributed by atoms with Gasteiger partial charge in [-0.15, -0.1) is 0 Å². The Labute approximate surface area is 166 Å². The van der Waals surface area contributed by atoms with Crippen LogP contribution in [0.2, 0.25) is 0 Å². The van der Waals surface area contributed by atoms with E-state index >= 15 is 0 Å². The lowest BCUT2D eigenvalue weighted by molar-refractivity contribution is -0.0946. The third-order valence-corrected chi connectivity index (χ3v) is 7.37. The zero-order valence-electron chi connectivity index (χ0n) is 15.5. The summed E-state index contributed by atoms with van der Waals surface area (Å²) < 4.78 is 44.6. The molecule has 3 aliphatic carbocycles. The number of rotatable bonds is 4. The number of hydrogen-bond donors (Lipinski definition) is 2. The summed E-state index contributed by atoms with van der Waals surface area (Å²) in [4.78, 5) is 7.97. The number of sulfonamides is 1. The Morgan fingerprint density at radius 3 is 2.76 bits per heavy atom. The average Bonchev–Trinajstić information content (AvgIpc) is 3.01. The summed E-state index contributed by atoms with van der Waals surface area (Å²) in [7, 11) is -4.09. The van der Waals surface area contributed by atoms with Crippen molar-refractivity contribution in [2.45, 2.75) is 36.6 Å². The van der Waals surface area contributed by atoms with E-state index in [4.69, 9.17) is 11.0 Å². The Balaban J connectivity index is 1.54. The molecule has 3 aliphatic rings. The average molecular weight is 412 g/mol.